The lowest BCUT2D eigenvalue weighted by Gasteiger charge is -2.35. The molecule has 114 valence electrons. The molecule has 1 unspecified atom stereocenters. The van der Waals surface area contributed by atoms with Gasteiger partial charge in [0.2, 0.25) is 0 Å². The second-order valence-corrected chi connectivity index (χ2v) is 5.81. The van der Waals surface area contributed by atoms with Gasteiger partial charge in [-0.1, -0.05) is 31.0 Å². The lowest BCUT2D eigenvalue weighted by molar-refractivity contribution is -0.202. The number of fused-ring (bicyclic) bond motifs is 1. The fourth-order valence-corrected chi connectivity index (χ4v) is 3.39. The number of halogens is 3. The molecular formula is C16H19F3N2. The van der Waals surface area contributed by atoms with Crippen LogP contribution < -0.4 is 5.32 Å². The van der Waals surface area contributed by atoms with Gasteiger partial charge in [-0.25, -0.2) is 0 Å². The van der Waals surface area contributed by atoms with E-state index in [1.165, 1.54) is 0 Å². The molecule has 1 aliphatic rings. The van der Waals surface area contributed by atoms with Gasteiger partial charge in [0.15, 0.2) is 0 Å². The summed E-state index contributed by atoms with van der Waals surface area (Å²) in [5, 5.41) is 3.51. The summed E-state index contributed by atoms with van der Waals surface area (Å²) < 4.78 is 43.6. The molecule has 0 bridgehead atoms. The third-order valence-electron chi connectivity index (χ3n) is 4.50. The van der Waals surface area contributed by atoms with E-state index in [4.69, 9.17) is 0 Å². The van der Waals surface area contributed by atoms with Gasteiger partial charge in [-0.15, -0.1) is 0 Å². The predicted octanol–water partition coefficient (Wildman–Crippen LogP) is 4.10. The zero-order valence-corrected chi connectivity index (χ0v) is 12.0. The average molecular weight is 296 g/mol. The van der Waals surface area contributed by atoms with Crippen LogP contribution in [-0.4, -0.2) is 17.3 Å². The van der Waals surface area contributed by atoms with Crippen molar-refractivity contribution in [3.05, 3.63) is 36.0 Å². The molecule has 1 saturated heterocycles. The molecule has 0 saturated carbocycles. The highest BCUT2D eigenvalue weighted by molar-refractivity contribution is 5.85. The number of hydrogen-bond donors (Lipinski definition) is 1. The quantitative estimate of drug-likeness (QED) is 0.838. The van der Waals surface area contributed by atoms with Crippen LogP contribution in [0.2, 0.25) is 0 Å². The van der Waals surface area contributed by atoms with Crippen molar-refractivity contribution in [3.63, 3.8) is 0 Å². The maximum atomic E-state index is 13.9. The number of benzene rings is 1. The van der Waals surface area contributed by atoms with Gasteiger partial charge in [-0.2, -0.15) is 13.2 Å². The maximum Gasteiger partial charge on any atom is 0.410 e. The monoisotopic (exact) mass is 296 g/mol. The predicted molar refractivity (Wildman–Crippen MR) is 77.1 cm³/mol. The van der Waals surface area contributed by atoms with Crippen LogP contribution in [0.5, 0.6) is 0 Å². The second kappa shape index (κ2) is 5.05. The van der Waals surface area contributed by atoms with Crippen LogP contribution >= 0.6 is 0 Å². The number of para-hydroxylation sites is 1. The van der Waals surface area contributed by atoms with E-state index < -0.39 is 11.7 Å². The number of nitrogens with zero attached hydrogens (tertiary/aromatic N) is 1. The Morgan fingerprint density at radius 1 is 1.14 bits per heavy atom. The summed E-state index contributed by atoms with van der Waals surface area (Å²) in [5.41, 5.74) is -0.734. The molecule has 1 aromatic carbocycles. The molecule has 1 fully saturated rings. The van der Waals surface area contributed by atoms with Crippen molar-refractivity contribution in [1.82, 2.24) is 9.88 Å². The van der Waals surface area contributed by atoms with Crippen molar-refractivity contribution in [2.24, 2.45) is 7.05 Å². The second-order valence-electron chi connectivity index (χ2n) is 5.81. The lowest BCUT2D eigenvalue weighted by Crippen LogP contribution is -2.53. The lowest BCUT2D eigenvalue weighted by atomic mass is 9.84. The molecule has 5 heteroatoms. The van der Waals surface area contributed by atoms with Crippen LogP contribution in [0.15, 0.2) is 30.5 Å². The number of aromatic nitrogens is 1. The summed E-state index contributed by atoms with van der Waals surface area (Å²) in [4.78, 5) is 0. The molecule has 0 aliphatic carbocycles. The molecule has 2 heterocycles. The van der Waals surface area contributed by atoms with Crippen molar-refractivity contribution in [3.8, 4) is 0 Å². The zero-order valence-electron chi connectivity index (χ0n) is 12.0. The Balaban J connectivity index is 2.24. The van der Waals surface area contributed by atoms with E-state index in [0.717, 1.165) is 18.4 Å². The number of rotatable bonds is 1. The minimum Gasteiger partial charge on any atom is -0.350 e. The summed E-state index contributed by atoms with van der Waals surface area (Å²) in [6.45, 7) is 0.405. The summed E-state index contributed by atoms with van der Waals surface area (Å²) in [5.74, 6) is 0. The van der Waals surface area contributed by atoms with Crippen molar-refractivity contribution >= 4 is 10.9 Å². The summed E-state index contributed by atoms with van der Waals surface area (Å²) in [7, 11) is 1.80. The van der Waals surface area contributed by atoms with E-state index in [9.17, 15) is 13.2 Å². The topological polar surface area (TPSA) is 17.0 Å². The third kappa shape index (κ3) is 2.24. The van der Waals surface area contributed by atoms with Gasteiger partial charge in [0, 0.05) is 29.7 Å². The van der Waals surface area contributed by atoms with E-state index in [1.807, 2.05) is 12.1 Å². The Kier molecular flexibility index (Phi) is 3.48. The SMILES string of the molecule is Cn1cc(C2(C(F)(F)F)CCCCCN2)c2ccccc21. The summed E-state index contributed by atoms with van der Waals surface area (Å²) in [6, 6.07) is 7.30. The molecule has 21 heavy (non-hydrogen) atoms. The van der Waals surface area contributed by atoms with Gasteiger partial charge in [0.25, 0.3) is 0 Å². The first-order valence-corrected chi connectivity index (χ1v) is 7.32. The van der Waals surface area contributed by atoms with Crippen LogP contribution in [0.1, 0.15) is 31.2 Å². The molecule has 1 N–H and O–H groups in total. The highest BCUT2D eigenvalue weighted by Gasteiger charge is 2.56. The molecule has 3 rings (SSSR count). The Labute approximate surface area is 121 Å². The molecule has 2 aromatic rings. The first-order valence-electron chi connectivity index (χ1n) is 7.32. The Hall–Kier alpha value is -1.49. The summed E-state index contributed by atoms with van der Waals surface area (Å²) in [6.07, 6.45) is -0.337. The fourth-order valence-electron chi connectivity index (χ4n) is 3.39. The fraction of sp³-hybridized carbons (Fsp3) is 0.500. The molecule has 0 amide bonds. The van der Waals surface area contributed by atoms with Crippen LogP contribution in [0.25, 0.3) is 10.9 Å². The van der Waals surface area contributed by atoms with Gasteiger partial charge >= 0.3 is 6.18 Å². The molecule has 1 atom stereocenters. The van der Waals surface area contributed by atoms with Gasteiger partial charge < -0.3 is 4.57 Å². The normalized spacial score (nSPS) is 24.2. The van der Waals surface area contributed by atoms with E-state index >= 15 is 0 Å². The molecule has 1 aromatic heterocycles. The average Bonchev–Trinajstić information content (AvgIpc) is 2.65. The van der Waals surface area contributed by atoms with Crippen molar-refractivity contribution in [2.75, 3.05) is 6.54 Å². The first-order chi connectivity index (χ1) is 9.96. The zero-order chi connectivity index (χ0) is 15.1. The number of hydrogen-bond acceptors (Lipinski definition) is 1. The van der Waals surface area contributed by atoms with Gasteiger partial charge in [0.1, 0.15) is 5.54 Å². The largest absolute Gasteiger partial charge is 0.410 e. The van der Waals surface area contributed by atoms with Crippen molar-refractivity contribution < 1.29 is 13.2 Å². The molecule has 0 radical (unpaired) electrons. The first kappa shape index (κ1) is 14.4. The van der Waals surface area contributed by atoms with Gasteiger partial charge in [-0.3, -0.25) is 5.32 Å². The molecule has 1 aliphatic heterocycles. The van der Waals surface area contributed by atoms with Gasteiger partial charge in [-0.05, 0) is 25.5 Å². The number of nitrogens with one attached hydrogen (secondary N) is 1. The Morgan fingerprint density at radius 2 is 1.90 bits per heavy atom. The number of aryl methyl sites for hydroxylation is 1. The van der Waals surface area contributed by atoms with E-state index in [0.29, 0.717) is 23.9 Å². The number of alkyl halides is 3. The van der Waals surface area contributed by atoms with E-state index in [2.05, 4.69) is 5.32 Å². The van der Waals surface area contributed by atoms with Crippen LogP contribution in [0, 0.1) is 0 Å². The van der Waals surface area contributed by atoms with E-state index in [-0.39, 0.29) is 6.42 Å². The smallest absolute Gasteiger partial charge is 0.350 e. The van der Waals surface area contributed by atoms with Crippen LogP contribution in [0.3, 0.4) is 0 Å². The van der Waals surface area contributed by atoms with Gasteiger partial charge in [0.05, 0.1) is 0 Å². The highest BCUT2D eigenvalue weighted by Crippen LogP contribution is 2.46. The van der Waals surface area contributed by atoms with Crippen molar-refractivity contribution in [1.29, 1.82) is 0 Å². The standard InChI is InChI=1S/C16H19F3N2/c1-21-11-13(12-7-3-4-8-14(12)21)15(16(17,18)19)9-5-2-6-10-20-15/h3-4,7-8,11,20H,2,5-6,9-10H2,1H3. The minimum atomic E-state index is -4.30. The minimum absolute atomic E-state index is 0.102. The third-order valence-corrected chi connectivity index (χ3v) is 4.50. The summed E-state index contributed by atoms with van der Waals surface area (Å²) >= 11 is 0. The Morgan fingerprint density at radius 3 is 2.67 bits per heavy atom. The molecular weight excluding hydrogens is 277 g/mol. The maximum absolute atomic E-state index is 13.9. The molecule has 2 nitrogen and oxygen atoms in total. The van der Waals surface area contributed by atoms with Crippen LogP contribution in [0.4, 0.5) is 13.2 Å². The van der Waals surface area contributed by atoms with Crippen molar-refractivity contribution in [2.45, 2.75) is 37.4 Å². The van der Waals surface area contributed by atoms with E-state index in [1.54, 1.807) is 29.9 Å². The molecule has 0 spiro atoms. The highest BCUT2D eigenvalue weighted by atomic mass is 19.4. The Bertz CT molecular complexity index is 634. The van der Waals surface area contributed by atoms with Crippen LogP contribution in [-0.2, 0) is 12.6 Å².